The summed E-state index contributed by atoms with van der Waals surface area (Å²) in [6.07, 6.45) is 7.60. The second-order valence-electron chi connectivity index (χ2n) is 6.56. The van der Waals surface area contributed by atoms with Crippen molar-refractivity contribution >= 4 is 18.0 Å². The minimum absolute atomic E-state index is 0.386. The molecular formula is C21H28O5. The molecule has 142 valence electrons. The van der Waals surface area contributed by atoms with Crippen molar-refractivity contribution in [2.45, 2.75) is 53.1 Å². The molecular weight excluding hydrogens is 332 g/mol. The molecule has 5 heteroatoms. The fraction of sp³-hybridized carbons (Fsp3) is 0.429. The summed E-state index contributed by atoms with van der Waals surface area (Å²) in [5, 5.41) is 0. The Hall–Kier alpha value is -2.40. The van der Waals surface area contributed by atoms with Crippen molar-refractivity contribution in [2.24, 2.45) is 0 Å². The van der Waals surface area contributed by atoms with E-state index in [4.69, 9.17) is 14.2 Å². The molecule has 1 unspecified atom stereocenters. The monoisotopic (exact) mass is 360 g/mol. The van der Waals surface area contributed by atoms with E-state index in [0.29, 0.717) is 17.1 Å². The van der Waals surface area contributed by atoms with Gasteiger partial charge in [0.05, 0.1) is 5.60 Å². The Labute approximate surface area is 155 Å². The Morgan fingerprint density at radius 2 is 1.73 bits per heavy atom. The number of benzene rings is 1. The van der Waals surface area contributed by atoms with Gasteiger partial charge in [-0.2, -0.15) is 0 Å². The first-order valence-corrected chi connectivity index (χ1v) is 8.54. The first kappa shape index (κ1) is 21.6. The summed E-state index contributed by atoms with van der Waals surface area (Å²) in [5.74, 6) is -0.0503. The third kappa shape index (κ3) is 7.66. The molecule has 26 heavy (non-hydrogen) atoms. The number of rotatable bonds is 8. The van der Waals surface area contributed by atoms with Crippen LogP contribution in [-0.2, 0) is 14.3 Å². The smallest absolute Gasteiger partial charge is 0.308 e. The van der Waals surface area contributed by atoms with Crippen LogP contribution in [0.4, 0.5) is 0 Å². The van der Waals surface area contributed by atoms with E-state index >= 15 is 0 Å². The quantitative estimate of drug-likeness (QED) is 0.382. The van der Waals surface area contributed by atoms with E-state index in [-0.39, 0.29) is 0 Å². The SMILES string of the molecule is COC(C)(/C=C/c1cc(OC(C)=O)ccc1OC(C)=O)CCC=C(C)C. The summed E-state index contributed by atoms with van der Waals surface area (Å²) in [5.41, 5.74) is 1.42. The van der Waals surface area contributed by atoms with Crippen LogP contribution < -0.4 is 9.47 Å². The van der Waals surface area contributed by atoms with E-state index in [0.717, 1.165) is 12.8 Å². The van der Waals surface area contributed by atoms with Crippen molar-refractivity contribution in [3.63, 3.8) is 0 Å². The summed E-state index contributed by atoms with van der Waals surface area (Å²) in [4.78, 5) is 22.5. The zero-order chi connectivity index (χ0) is 19.7. The van der Waals surface area contributed by atoms with Gasteiger partial charge in [0.2, 0.25) is 0 Å². The normalized spacial score (nSPS) is 13.2. The highest BCUT2D eigenvalue weighted by Gasteiger charge is 2.19. The van der Waals surface area contributed by atoms with Gasteiger partial charge in [0.15, 0.2) is 0 Å². The molecule has 0 N–H and O–H groups in total. The Bertz CT molecular complexity index is 698. The van der Waals surface area contributed by atoms with Crippen LogP contribution in [-0.4, -0.2) is 24.6 Å². The lowest BCUT2D eigenvalue weighted by Gasteiger charge is -2.24. The third-order valence-corrected chi connectivity index (χ3v) is 3.77. The largest absolute Gasteiger partial charge is 0.427 e. The Morgan fingerprint density at radius 3 is 2.27 bits per heavy atom. The Kier molecular flexibility index (Phi) is 8.26. The van der Waals surface area contributed by atoms with Gasteiger partial charge in [0.1, 0.15) is 11.5 Å². The predicted octanol–water partition coefficient (Wildman–Crippen LogP) is 4.70. The molecule has 0 amide bonds. The van der Waals surface area contributed by atoms with E-state index in [1.807, 2.05) is 19.1 Å². The van der Waals surface area contributed by atoms with Crippen LogP contribution in [0, 0.1) is 0 Å². The summed E-state index contributed by atoms with van der Waals surface area (Å²) >= 11 is 0. The molecule has 0 spiro atoms. The lowest BCUT2D eigenvalue weighted by atomic mass is 9.97. The molecule has 0 bridgehead atoms. The fourth-order valence-electron chi connectivity index (χ4n) is 2.30. The van der Waals surface area contributed by atoms with Gasteiger partial charge < -0.3 is 14.2 Å². The van der Waals surface area contributed by atoms with Crippen LogP contribution in [0.1, 0.15) is 53.0 Å². The van der Waals surface area contributed by atoms with Crippen LogP contribution in [0.15, 0.2) is 35.9 Å². The average Bonchev–Trinajstić information content (AvgIpc) is 2.53. The number of allylic oxidation sites excluding steroid dienone is 2. The lowest BCUT2D eigenvalue weighted by molar-refractivity contribution is -0.133. The molecule has 0 heterocycles. The molecule has 0 aliphatic carbocycles. The maximum absolute atomic E-state index is 11.3. The molecule has 0 aliphatic rings. The van der Waals surface area contributed by atoms with E-state index in [1.165, 1.54) is 19.4 Å². The van der Waals surface area contributed by atoms with Crippen LogP contribution in [0.3, 0.4) is 0 Å². The van der Waals surface area contributed by atoms with Crippen molar-refractivity contribution in [2.75, 3.05) is 7.11 Å². The number of hydrogen-bond acceptors (Lipinski definition) is 5. The standard InChI is InChI=1S/C21H28O5/c1-15(2)8-7-12-21(5,24-6)13-11-18-14-19(25-16(3)22)9-10-20(18)26-17(4)23/h8-11,13-14H,7,12H2,1-6H3/b13-11+. The summed E-state index contributed by atoms with van der Waals surface area (Å²) in [6, 6.07) is 4.84. The third-order valence-electron chi connectivity index (χ3n) is 3.77. The van der Waals surface area contributed by atoms with Crippen molar-refractivity contribution in [1.82, 2.24) is 0 Å². The highest BCUT2D eigenvalue weighted by atomic mass is 16.5. The van der Waals surface area contributed by atoms with Crippen LogP contribution in [0.2, 0.25) is 0 Å². The maximum Gasteiger partial charge on any atom is 0.308 e. The highest BCUT2D eigenvalue weighted by molar-refractivity contribution is 5.73. The molecule has 1 atom stereocenters. The molecule has 1 rings (SSSR count). The summed E-state index contributed by atoms with van der Waals surface area (Å²) in [7, 11) is 1.66. The number of methoxy groups -OCH3 is 1. The lowest BCUT2D eigenvalue weighted by Crippen LogP contribution is -2.23. The highest BCUT2D eigenvalue weighted by Crippen LogP contribution is 2.28. The average molecular weight is 360 g/mol. The van der Waals surface area contributed by atoms with Crippen molar-refractivity contribution in [1.29, 1.82) is 0 Å². The Morgan fingerprint density at radius 1 is 1.08 bits per heavy atom. The zero-order valence-corrected chi connectivity index (χ0v) is 16.4. The number of ether oxygens (including phenoxy) is 3. The second kappa shape index (κ2) is 9.92. The van der Waals surface area contributed by atoms with Gasteiger partial charge >= 0.3 is 11.9 Å². The van der Waals surface area contributed by atoms with Crippen molar-refractivity contribution in [3.05, 3.63) is 41.5 Å². The van der Waals surface area contributed by atoms with Gasteiger partial charge in [-0.1, -0.05) is 23.8 Å². The molecule has 0 aliphatic heterocycles. The van der Waals surface area contributed by atoms with Gasteiger partial charge in [-0.3, -0.25) is 9.59 Å². The van der Waals surface area contributed by atoms with Crippen molar-refractivity contribution in [3.8, 4) is 11.5 Å². The van der Waals surface area contributed by atoms with Crippen LogP contribution in [0.5, 0.6) is 11.5 Å². The van der Waals surface area contributed by atoms with Gasteiger partial charge in [0.25, 0.3) is 0 Å². The van der Waals surface area contributed by atoms with E-state index < -0.39 is 17.5 Å². The van der Waals surface area contributed by atoms with Gasteiger partial charge in [-0.15, -0.1) is 0 Å². The molecule has 0 fully saturated rings. The van der Waals surface area contributed by atoms with Gasteiger partial charge in [0, 0.05) is 26.5 Å². The fourth-order valence-corrected chi connectivity index (χ4v) is 2.30. The first-order valence-electron chi connectivity index (χ1n) is 8.54. The zero-order valence-electron chi connectivity index (χ0n) is 16.4. The molecule has 0 saturated heterocycles. The molecule has 1 aromatic rings. The van der Waals surface area contributed by atoms with E-state index in [9.17, 15) is 9.59 Å². The molecule has 1 aromatic carbocycles. The minimum atomic E-state index is -0.475. The summed E-state index contributed by atoms with van der Waals surface area (Å²) in [6.45, 7) is 8.79. The van der Waals surface area contributed by atoms with Gasteiger partial charge in [-0.05, 0) is 51.8 Å². The van der Waals surface area contributed by atoms with Crippen molar-refractivity contribution < 1.29 is 23.8 Å². The molecule has 0 saturated carbocycles. The first-order chi connectivity index (χ1) is 12.1. The topological polar surface area (TPSA) is 61.8 Å². The number of carbonyl (C=O) groups is 2. The molecule has 5 nitrogen and oxygen atoms in total. The number of hydrogen-bond donors (Lipinski definition) is 0. The molecule has 0 radical (unpaired) electrons. The van der Waals surface area contributed by atoms with Crippen LogP contribution in [0.25, 0.3) is 6.08 Å². The van der Waals surface area contributed by atoms with E-state index in [2.05, 4.69) is 19.9 Å². The van der Waals surface area contributed by atoms with Crippen LogP contribution >= 0.6 is 0 Å². The molecule has 0 aromatic heterocycles. The van der Waals surface area contributed by atoms with Gasteiger partial charge in [-0.25, -0.2) is 0 Å². The minimum Gasteiger partial charge on any atom is -0.427 e. The summed E-state index contributed by atoms with van der Waals surface area (Å²) < 4.78 is 16.0. The number of carbonyl (C=O) groups excluding carboxylic acids is 2. The maximum atomic E-state index is 11.3. The van der Waals surface area contributed by atoms with E-state index in [1.54, 1.807) is 25.3 Å². The number of esters is 2. The Balaban J connectivity index is 3.11. The predicted molar refractivity (Wildman–Crippen MR) is 102 cm³/mol. The second-order valence-corrected chi connectivity index (χ2v) is 6.56.